The van der Waals surface area contributed by atoms with E-state index in [9.17, 15) is 13.2 Å². The van der Waals surface area contributed by atoms with Crippen molar-refractivity contribution in [2.24, 2.45) is 5.73 Å². The fourth-order valence-corrected chi connectivity index (χ4v) is 3.12. The first kappa shape index (κ1) is 17.3. The summed E-state index contributed by atoms with van der Waals surface area (Å²) in [5, 5.41) is 7.77. The molecule has 8 nitrogen and oxygen atoms in total. The monoisotopic (exact) mass is 337 g/mol. The van der Waals surface area contributed by atoms with Crippen molar-refractivity contribution in [3.8, 4) is 0 Å². The molecule has 0 aliphatic carbocycles. The highest BCUT2D eigenvalue weighted by Crippen LogP contribution is 2.18. The zero-order valence-electron chi connectivity index (χ0n) is 13.1. The number of aromatic nitrogens is 3. The summed E-state index contributed by atoms with van der Waals surface area (Å²) >= 11 is 0. The molecule has 1 unspecified atom stereocenters. The number of aryl methyl sites for hydroxylation is 1. The number of H-pyrrole nitrogens is 1. The maximum atomic E-state index is 12.0. The van der Waals surface area contributed by atoms with E-state index < -0.39 is 16.1 Å². The van der Waals surface area contributed by atoms with Gasteiger partial charge in [-0.05, 0) is 38.1 Å². The molecule has 0 spiro atoms. The van der Waals surface area contributed by atoms with E-state index in [4.69, 9.17) is 5.73 Å². The largest absolute Gasteiger partial charge is 0.323 e. The van der Waals surface area contributed by atoms with Crippen molar-refractivity contribution < 1.29 is 8.42 Å². The first-order chi connectivity index (χ1) is 10.7. The van der Waals surface area contributed by atoms with Gasteiger partial charge in [-0.1, -0.05) is 12.1 Å². The Balaban J connectivity index is 2.37. The van der Waals surface area contributed by atoms with Crippen molar-refractivity contribution in [3.63, 3.8) is 0 Å². The number of nitrogens with two attached hydrogens (primary N) is 1. The van der Waals surface area contributed by atoms with Crippen LogP contribution in [0.15, 0.2) is 27.9 Å². The quantitative estimate of drug-likeness (QED) is 0.703. The fraction of sp³-hybridized carbons (Fsp3) is 0.357. The summed E-state index contributed by atoms with van der Waals surface area (Å²) < 4.78 is 26.3. The fourth-order valence-electron chi connectivity index (χ4n) is 2.10. The van der Waals surface area contributed by atoms with E-state index in [1.54, 1.807) is 32.0 Å². The summed E-state index contributed by atoms with van der Waals surface area (Å²) in [6.45, 7) is 3.36. The third-order valence-electron chi connectivity index (χ3n) is 3.38. The Bertz CT molecular complexity index is 874. The number of hydrogen-bond acceptors (Lipinski definition) is 6. The molecule has 0 amide bonds. The third-order valence-corrected chi connectivity index (χ3v) is 4.94. The van der Waals surface area contributed by atoms with Gasteiger partial charge in [-0.2, -0.15) is 0 Å². The maximum absolute atomic E-state index is 12.0. The second-order valence-electron chi connectivity index (χ2n) is 5.26. The van der Waals surface area contributed by atoms with Gasteiger partial charge in [0.1, 0.15) is 11.5 Å². The Morgan fingerprint density at radius 1 is 1.35 bits per heavy atom. The molecule has 1 heterocycles. The summed E-state index contributed by atoms with van der Waals surface area (Å²) in [5.74, 6) is 0.344. The van der Waals surface area contributed by atoms with Crippen molar-refractivity contribution >= 4 is 10.0 Å². The third kappa shape index (κ3) is 3.81. The number of sulfonamides is 1. The lowest BCUT2D eigenvalue weighted by atomic mass is 10.1. The second-order valence-corrected chi connectivity index (χ2v) is 7.11. The van der Waals surface area contributed by atoms with Crippen molar-refractivity contribution in [2.45, 2.75) is 31.2 Å². The average molecular weight is 337 g/mol. The van der Waals surface area contributed by atoms with Crippen molar-refractivity contribution in [1.82, 2.24) is 19.9 Å². The van der Waals surface area contributed by atoms with E-state index in [1.807, 2.05) is 0 Å². The van der Waals surface area contributed by atoms with Crippen LogP contribution in [0, 0.1) is 6.92 Å². The summed E-state index contributed by atoms with van der Waals surface area (Å²) in [6, 6.07) is 4.54. The molecule has 0 bridgehead atoms. The molecule has 0 aliphatic rings. The van der Waals surface area contributed by atoms with Crippen LogP contribution in [0.1, 0.15) is 35.6 Å². The summed E-state index contributed by atoms with van der Waals surface area (Å²) in [6.07, 6.45) is 0.258. The van der Waals surface area contributed by atoms with Crippen molar-refractivity contribution in [2.75, 3.05) is 7.05 Å². The van der Waals surface area contributed by atoms with Crippen molar-refractivity contribution in [3.05, 3.63) is 51.2 Å². The topological polar surface area (TPSA) is 131 Å². The van der Waals surface area contributed by atoms with Gasteiger partial charge >= 0.3 is 0 Å². The molecule has 4 N–H and O–H groups in total. The van der Waals surface area contributed by atoms with Gasteiger partial charge in [0.2, 0.25) is 10.0 Å². The lowest BCUT2D eigenvalue weighted by Gasteiger charge is -2.09. The van der Waals surface area contributed by atoms with Gasteiger partial charge in [0.25, 0.3) is 5.56 Å². The zero-order valence-corrected chi connectivity index (χ0v) is 13.9. The summed E-state index contributed by atoms with van der Waals surface area (Å²) in [4.78, 5) is 14.7. The SMILES string of the molecule is CNS(=O)(=O)c1cc(Cc2nnc(C(C)N)c(=O)[nH]2)ccc1C. The van der Waals surface area contributed by atoms with Gasteiger partial charge in [0, 0.05) is 6.42 Å². The number of nitrogens with one attached hydrogen (secondary N) is 2. The Morgan fingerprint density at radius 2 is 2.04 bits per heavy atom. The molecule has 0 saturated heterocycles. The maximum Gasteiger partial charge on any atom is 0.274 e. The minimum atomic E-state index is -3.54. The Hall–Kier alpha value is -2.10. The Morgan fingerprint density at radius 3 is 2.61 bits per heavy atom. The summed E-state index contributed by atoms with van der Waals surface area (Å²) in [5.41, 5.74) is 6.73. The highest BCUT2D eigenvalue weighted by atomic mass is 32.2. The molecule has 1 aromatic carbocycles. The van der Waals surface area contributed by atoms with E-state index in [0.29, 0.717) is 17.0 Å². The molecular weight excluding hydrogens is 318 g/mol. The minimum absolute atomic E-state index is 0.163. The molecule has 0 aliphatic heterocycles. The molecule has 2 aromatic rings. The Kier molecular flexibility index (Phi) is 4.93. The van der Waals surface area contributed by atoms with Crippen LogP contribution in [-0.4, -0.2) is 30.6 Å². The smallest absolute Gasteiger partial charge is 0.274 e. The molecule has 0 radical (unpaired) electrons. The highest BCUT2D eigenvalue weighted by Gasteiger charge is 2.16. The van der Waals surface area contributed by atoms with E-state index in [1.165, 1.54) is 7.05 Å². The van der Waals surface area contributed by atoms with Crippen LogP contribution in [0.5, 0.6) is 0 Å². The van der Waals surface area contributed by atoms with Gasteiger partial charge in [-0.3, -0.25) is 4.79 Å². The van der Waals surface area contributed by atoms with Crippen LogP contribution in [0.3, 0.4) is 0 Å². The van der Waals surface area contributed by atoms with Crippen LogP contribution in [0.4, 0.5) is 0 Å². The molecular formula is C14H19N5O3S. The standard InChI is InChI=1S/C14H19N5O3S/c1-8-4-5-10(6-11(8)23(21,22)16-3)7-12-17-14(20)13(9(2)15)19-18-12/h4-6,9,16H,7,15H2,1-3H3,(H,17,18,20). The van der Waals surface area contributed by atoms with Crippen LogP contribution in [-0.2, 0) is 16.4 Å². The average Bonchev–Trinajstić information content (AvgIpc) is 2.48. The number of rotatable bonds is 5. The second kappa shape index (κ2) is 6.57. The van der Waals surface area contributed by atoms with Gasteiger partial charge in [0.15, 0.2) is 0 Å². The molecule has 0 fully saturated rings. The lowest BCUT2D eigenvalue weighted by molar-refractivity contribution is 0.587. The van der Waals surface area contributed by atoms with E-state index in [2.05, 4.69) is 19.9 Å². The van der Waals surface area contributed by atoms with Crippen LogP contribution < -0.4 is 16.0 Å². The van der Waals surface area contributed by atoms with Gasteiger partial charge in [-0.15, -0.1) is 10.2 Å². The number of benzene rings is 1. The molecule has 1 atom stereocenters. The molecule has 1 aromatic heterocycles. The highest BCUT2D eigenvalue weighted by molar-refractivity contribution is 7.89. The van der Waals surface area contributed by atoms with Crippen LogP contribution in [0.2, 0.25) is 0 Å². The first-order valence-electron chi connectivity index (χ1n) is 6.99. The lowest BCUT2D eigenvalue weighted by Crippen LogP contribution is -2.24. The van der Waals surface area contributed by atoms with Gasteiger partial charge in [0.05, 0.1) is 10.9 Å². The number of nitrogens with zero attached hydrogens (tertiary/aromatic N) is 2. The number of aromatic amines is 1. The Labute approximate surface area is 134 Å². The zero-order chi connectivity index (χ0) is 17.2. The predicted molar refractivity (Wildman–Crippen MR) is 85.5 cm³/mol. The summed E-state index contributed by atoms with van der Waals surface area (Å²) in [7, 11) is -2.19. The van der Waals surface area contributed by atoms with Crippen LogP contribution in [0.25, 0.3) is 0 Å². The van der Waals surface area contributed by atoms with Gasteiger partial charge < -0.3 is 10.7 Å². The minimum Gasteiger partial charge on any atom is -0.323 e. The molecule has 2 rings (SSSR count). The van der Waals surface area contributed by atoms with Crippen molar-refractivity contribution in [1.29, 1.82) is 0 Å². The number of hydrogen-bond donors (Lipinski definition) is 3. The molecule has 23 heavy (non-hydrogen) atoms. The predicted octanol–water partition coefficient (Wildman–Crippen LogP) is -0.00808. The molecule has 0 saturated carbocycles. The van der Waals surface area contributed by atoms with Gasteiger partial charge in [-0.25, -0.2) is 13.1 Å². The normalized spacial score (nSPS) is 13.0. The molecule has 9 heteroatoms. The first-order valence-corrected chi connectivity index (χ1v) is 8.47. The van der Waals surface area contributed by atoms with E-state index in [0.717, 1.165) is 0 Å². The van der Waals surface area contributed by atoms with E-state index in [-0.39, 0.29) is 22.6 Å². The van der Waals surface area contributed by atoms with E-state index >= 15 is 0 Å². The molecule has 124 valence electrons. The van der Waals surface area contributed by atoms with Crippen LogP contribution >= 0.6 is 0 Å².